The molecule has 0 saturated carbocycles. The molecule has 3 saturated heterocycles. The van der Waals surface area contributed by atoms with Crippen molar-refractivity contribution in [1.29, 1.82) is 0 Å². The molecule has 25 heavy (non-hydrogen) atoms. The molecule has 2 amide bonds. The monoisotopic (exact) mass is 343 g/mol. The highest BCUT2D eigenvalue weighted by Crippen LogP contribution is 2.38. The van der Waals surface area contributed by atoms with E-state index in [1.807, 2.05) is 11.1 Å². The Kier molecular flexibility index (Phi) is 3.58. The van der Waals surface area contributed by atoms with E-state index in [2.05, 4.69) is 19.8 Å². The van der Waals surface area contributed by atoms with E-state index in [1.165, 1.54) is 0 Å². The Labute approximate surface area is 147 Å². The number of fused-ring (bicyclic) bond motifs is 5. The van der Waals surface area contributed by atoms with Gasteiger partial charge in [0.2, 0.25) is 5.91 Å². The fourth-order valence-corrected chi connectivity index (χ4v) is 5.23. The van der Waals surface area contributed by atoms with Crippen LogP contribution in [0.25, 0.3) is 0 Å². The minimum atomic E-state index is 0.0622. The topological polar surface area (TPSA) is 70.5 Å². The Morgan fingerprint density at radius 3 is 3.08 bits per heavy atom. The van der Waals surface area contributed by atoms with E-state index in [4.69, 9.17) is 0 Å². The van der Waals surface area contributed by atoms with Gasteiger partial charge in [-0.05, 0) is 31.1 Å². The predicted octanol–water partition coefficient (Wildman–Crippen LogP) is 0.459. The van der Waals surface area contributed by atoms with Crippen molar-refractivity contribution in [3.63, 3.8) is 0 Å². The SMILES string of the molecule is O=C(c1cn2c(n1)CNCC2)N1C[C@@H]2C[C@H](C1)[C@@H]1CCCC(=O)N1C2. The fourth-order valence-electron chi connectivity index (χ4n) is 5.23. The van der Waals surface area contributed by atoms with Gasteiger partial charge < -0.3 is 19.7 Å². The summed E-state index contributed by atoms with van der Waals surface area (Å²) in [5, 5.41) is 3.29. The number of carbonyl (C=O) groups is 2. The third-order valence-corrected chi connectivity index (χ3v) is 6.36. The Hall–Kier alpha value is -1.89. The van der Waals surface area contributed by atoms with Crippen LogP contribution in [0.3, 0.4) is 0 Å². The second-order valence-electron chi connectivity index (χ2n) is 7.99. The highest BCUT2D eigenvalue weighted by molar-refractivity contribution is 5.92. The number of piperidine rings is 3. The number of carbonyl (C=O) groups excluding carboxylic acids is 2. The quantitative estimate of drug-likeness (QED) is 0.804. The van der Waals surface area contributed by atoms with E-state index in [0.717, 1.165) is 64.4 Å². The van der Waals surface area contributed by atoms with Gasteiger partial charge in [-0.25, -0.2) is 4.98 Å². The first kappa shape index (κ1) is 15.4. The van der Waals surface area contributed by atoms with E-state index < -0.39 is 0 Å². The van der Waals surface area contributed by atoms with Crippen molar-refractivity contribution in [2.45, 2.75) is 44.8 Å². The minimum Gasteiger partial charge on any atom is -0.339 e. The molecule has 4 aliphatic rings. The summed E-state index contributed by atoms with van der Waals surface area (Å²) in [6, 6.07) is 0.340. The summed E-state index contributed by atoms with van der Waals surface area (Å²) in [4.78, 5) is 33.9. The second-order valence-corrected chi connectivity index (χ2v) is 7.99. The van der Waals surface area contributed by atoms with Crippen molar-refractivity contribution in [2.75, 3.05) is 26.2 Å². The molecule has 7 nitrogen and oxygen atoms in total. The average Bonchev–Trinajstić information content (AvgIpc) is 3.06. The maximum absolute atomic E-state index is 13.0. The average molecular weight is 343 g/mol. The van der Waals surface area contributed by atoms with Gasteiger partial charge in [-0.3, -0.25) is 9.59 Å². The number of nitrogens with one attached hydrogen (secondary N) is 1. The van der Waals surface area contributed by atoms with Crippen molar-refractivity contribution >= 4 is 11.8 Å². The summed E-state index contributed by atoms with van der Waals surface area (Å²) in [5.74, 6) is 2.18. The zero-order chi connectivity index (χ0) is 17.0. The first-order chi connectivity index (χ1) is 12.2. The number of amides is 2. The molecular weight excluding hydrogens is 318 g/mol. The van der Waals surface area contributed by atoms with E-state index in [0.29, 0.717) is 35.9 Å². The first-order valence-electron chi connectivity index (χ1n) is 9.54. The van der Waals surface area contributed by atoms with Gasteiger partial charge in [-0.15, -0.1) is 0 Å². The summed E-state index contributed by atoms with van der Waals surface area (Å²) < 4.78 is 2.09. The molecule has 4 aliphatic heterocycles. The van der Waals surface area contributed by atoms with Crippen molar-refractivity contribution < 1.29 is 9.59 Å². The largest absolute Gasteiger partial charge is 0.339 e. The summed E-state index contributed by atoms with van der Waals surface area (Å²) in [7, 11) is 0. The van der Waals surface area contributed by atoms with Gasteiger partial charge >= 0.3 is 0 Å². The Morgan fingerprint density at radius 1 is 1.28 bits per heavy atom. The third kappa shape index (κ3) is 2.56. The normalized spacial score (nSPS) is 31.5. The number of hydrogen-bond donors (Lipinski definition) is 1. The van der Waals surface area contributed by atoms with E-state index in [9.17, 15) is 9.59 Å². The van der Waals surface area contributed by atoms with Crippen LogP contribution in [0, 0.1) is 11.8 Å². The van der Waals surface area contributed by atoms with Crippen LogP contribution in [0.1, 0.15) is 42.0 Å². The second kappa shape index (κ2) is 5.83. The first-order valence-corrected chi connectivity index (χ1v) is 9.54. The number of imidazole rings is 1. The van der Waals surface area contributed by atoms with Gasteiger partial charge in [0.05, 0.1) is 6.54 Å². The molecule has 1 aromatic heterocycles. The lowest BCUT2D eigenvalue weighted by molar-refractivity contribution is -0.144. The Morgan fingerprint density at radius 2 is 2.20 bits per heavy atom. The molecule has 0 aliphatic carbocycles. The number of hydrogen-bond acceptors (Lipinski definition) is 4. The molecular formula is C18H25N5O2. The highest BCUT2D eigenvalue weighted by atomic mass is 16.2. The van der Waals surface area contributed by atoms with Crippen LogP contribution in [0.15, 0.2) is 6.20 Å². The third-order valence-electron chi connectivity index (χ3n) is 6.36. The molecule has 2 bridgehead atoms. The van der Waals surface area contributed by atoms with Crippen LogP contribution in [0.4, 0.5) is 0 Å². The number of nitrogens with zero attached hydrogens (tertiary/aromatic N) is 4. The predicted molar refractivity (Wildman–Crippen MR) is 90.8 cm³/mol. The smallest absolute Gasteiger partial charge is 0.274 e. The van der Waals surface area contributed by atoms with E-state index >= 15 is 0 Å². The number of rotatable bonds is 1. The standard InChI is InChI=1S/C18H25N5O2/c24-17-3-1-2-15-13-6-12(9-23(15)17)8-22(10-13)18(25)14-11-21-5-4-19-7-16(21)20-14/h11-13,15,19H,1-10H2/t12-,13+,15-/m0/s1. The molecule has 0 aromatic carbocycles. The lowest BCUT2D eigenvalue weighted by Crippen LogP contribution is -2.61. The Bertz CT molecular complexity index is 691. The Balaban J connectivity index is 1.35. The summed E-state index contributed by atoms with van der Waals surface area (Å²) in [5.41, 5.74) is 0.579. The van der Waals surface area contributed by atoms with Crippen molar-refractivity contribution in [3.8, 4) is 0 Å². The summed E-state index contributed by atoms with van der Waals surface area (Å²) in [6.45, 7) is 4.89. The molecule has 1 aromatic rings. The fraction of sp³-hybridized carbons (Fsp3) is 0.722. The maximum Gasteiger partial charge on any atom is 0.274 e. The van der Waals surface area contributed by atoms with Crippen molar-refractivity contribution in [2.24, 2.45) is 11.8 Å². The maximum atomic E-state index is 13.0. The van der Waals surface area contributed by atoms with Crippen LogP contribution in [-0.2, 0) is 17.9 Å². The lowest BCUT2D eigenvalue weighted by Gasteiger charge is -2.52. The zero-order valence-electron chi connectivity index (χ0n) is 14.5. The number of aromatic nitrogens is 2. The van der Waals surface area contributed by atoms with Crippen LogP contribution < -0.4 is 5.32 Å². The molecule has 0 unspecified atom stereocenters. The van der Waals surface area contributed by atoms with Crippen LogP contribution >= 0.6 is 0 Å². The molecule has 7 heteroatoms. The molecule has 5 rings (SSSR count). The minimum absolute atomic E-state index is 0.0622. The highest BCUT2D eigenvalue weighted by Gasteiger charge is 2.45. The molecule has 134 valence electrons. The van der Waals surface area contributed by atoms with Crippen LogP contribution in [0.5, 0.6) is 0 Å². The van der Waals surface area contributed by atoms with Crippen molar-refractivity contribution in [1.82, 2.24) is 24.7 Å². The van der Waals surface area contributed by atoms with Gasteiger partial charge in [-0.2, -0.15) is 0 Å². The zero-order valence-corrected chi connectivity index (χ0v) is 14.5. The number of likely N-dealkylation sites (tertiary alicyclic amines) is 1. The van der Waals surface area contributed by atoms with Gasteiger partial charge in [0.25, 0.3) is 5.91 Å². The molecule has 0 spiro atoms. The van der Waals surface area contributed by atoms with Crippen molar-refractivity contribution in [3.05, 3.63) is 17.7 Å². The molecule has 1 N–H and O–H groups in total. The van der Waals surface area contributed by atoms with E-state index in [-0.39, 0.29) is 5.91 Å². The van der Waals surface area contributed by atoms with E-state index in [1.54, 1.807) is 0 Å². The molecule has 0 radical (unpaired) electrons. The molecule has 3 atom stereocenters. The van der Waals surface area contributed by atoms with Gasteiger partial charge in [-0.1, -0.05) is 0 Å². The van der Waals surface area contributed by atoms with Crippen LogP contribution in [0.2, 0.25) is 0 Å². The van der Waals surface area contributed by atoms with Gasteiger partial charge in [0.15, 0.2) is 0 Å². The lowest BCUT2D eigenvalue weighted by atomic mass is 9.76. The summed E-state index contributed by atoms with van der Waals surface area (Å²) >= 11 is 0. The van der Waals surface area contributed by atoms with Gasteiger partial charge in [0.1, 0.15) is 11.5 Å². The summed E-state index contributed by atoms with van der Waals surface area (Å²) in [6.07, 6.45) is 5.86. The van der Waals surface area contributed by atoms with Gasteiger partial charge in [0, 0.05) is 51.4 Å². The van der Waals surface area contributed by atoms with Crippen LogP contribution in [-0.4, -0.2) is 63.4 Å². The molecule has 5 heterocycles. The molecule has 3 fully saturated rings.